The first-order chi connectivity index (χ1) is 9.67. The summed E-state index contributed by atoms with van der Waals surface area (Å²) in [6.07, 6.45) is 1.16. The summed E-state index contributed by atoms with van der Waals surface area (Å²) in [5.41, 5.74) is 0.846. The third kappa shape index (κ3) is 5.84. The van der Waals surface area contributed by atoms with Gasteiger partial charge in [0.1, 0.15) is 0 Å². The van der Waals surface area contributed by atoms with Gasteiger partial charge < -0.3 is 15.7 Å². The van der Waals surface area contributed by atoms with Crippen molar-refractivity contribution < 1.29 is 14.7 Å². The molecule has 0 heterocycles. The molecule has 1 rings (SSSR count). The minimum Gasteiger partial charge on any atom is -0.394 e. The van der Waals surface area contributed by atoms with Crippen LogP contribution in [0.2, 0.25) is 0 Å². The van der Waals surface area contributed by atoms with Gasteiger partial charge in [0.2, 0.25) is 11.8 Å². The molecule has 1 aromatic carbocycles. The quantitative estimate of drug-likeness (QED) is 0.667. The number of hydrogen-bond acceptors (Lipinski definition) is 3. The van der Waals surface area contributed by atoms with Gasteiger partial charge >= 0.3 is 0 Å². The first-order valence-electron chi connectivity index (χ1n) is 6.89. The van der Waals surface area contributed by atoms with Crippen LogP contribution in [-0.2, 0) is 9.59 Å². The molecule has 110 valence electrons. The molecule has 0 bridgehead atoms. The molecule has 5 nitrogen and oxygen atoms in total. The van der Waals surface area contributed by atoms with Crippen molar-refractivity contribution in [1.29, 1.82) is 0 Å². The lowest BCUT2D eigenvalue weighted by molar-refractivity contribution is -0.127. The fraction of sp³-hybridized carbons (Fsp3) is 0.467. The number of aliphatic hydroxyl groups excluding tert-OH is 1. The summed E-state index contributed by atoms with van der Waals surface area (Å²) < 4.78 is 0. The number of nitrogens with one attached hydrogen (secondary N) is 2. The average molecular weight is 278 g/mol. The van der Waals surface area contributed by atoms with Crippen molar-refractivity contribution >= 4 is 11.8 Å². The van der Waals surface area contributed by atoms with Gasteiger partial charge in [0.15, 0.2) is 0 Å². The highest BCUT2D eigenvalue weighted by Gasteiger charge is 2.14. The van der Waals surface area contributed by atoms with Crippen LogP contribution in [0, 0.1) is 0 Å². The second kappa shape index (κ2) is 9.09. The Morgan fingerprint density at radius 1 is 1.15 bits per heavy atom. The van der Waals surface area contributed by atoms with E-state index in [2.05, 4.69) is 10.6 Å². The third-order valence-electron chi connectivity index (χ3n) is 2.87. The Labute approximate surface area is 119 Å². The molecule has 0 radical (unpaired) electrons. The topological polar surface area (TPSA) is 78.4 Å². The third-order valence-corrected chi connectivity index (χ3v) is 2.87. The molecule has 0 aliphatic heterocycles. The van der Waals surface area contributed by atoms with Crippen LogP contribution < -0.4 is 10.6 Å². The molecule has 20 heavy (non-hydrogen) atoms. The maximum absolute atomic E-state index is 11.8. The van der Waals surface area contributed by atoms with Gasteiger partial charge in [-0.1, -0.05) is 37.3 Å². The van der Waals surface area contributed by atoms with Crippen LogP contribution in [0.15, 0.2) is 30.3 Å². The highest BCUT2D eigenvalue weighted by Crippen LogP contribution is 2.11. The number of carbonyl (C=O) groups excluding carboxylic acids is 2. The molecule has 0 spiro atoms. The van der Waals surface area contributed by atoms with Crippen molar-refractivity contribution in [3.63, 3.8) is 0 Å². The first-order valence-corrected chi connectivity index (χ1v) is 6.89. The van der Waals surface area contributed by atoms with Gasteiger partial charge in [-0.3, -0.25) is 9.59 Å². The predicted octanol–water partition coefficient (Wildman–Crippen LogP) is 1.14. The number of aliphatic hydroxyl groups is 1. The van der Waals surface area contributed by atoms with E-state index in [1.807, 2.05) is 37.3 Å². The lowest BCUT2D eigenvalue weighted by Gasteiger charge is -2.16. The summed E-state index contributed by atoms with van der Waals surface area (Å²) in [4.78, 5) is 23.2. The average Bonchev–Trinajstić information content (AvgIpc) is 2.49. The predicted molar refractivity (Wildman–Crippen MR) is 76.9 cm³/mol. The van der Waals surface area contributed by atoms with Gasteiger partial charge in [-0.15, -0.1) is 0 Å². The van der Waals surface area contributed by atoms with Gasteiger partial charge in [0.25, 0.3) is 0 Å². The summed E-state index contributed by atoms with van der Waals surface area (Å²) >= 11 is 0. The van der Waals surface area contributed by atoms with E-state index in [0.29, 0.717) is 6.54 Å². The molecule has 1 atom stereocenters. The summed E-state index contributed by atoms with van der Waals surface area (Å²) in [5.74, 6) is -0.359. The van der Waals surface area contributed by atoms with E-state index in [-0.39, 0.29) is 31.3 Å². The fourth-order valence-electron chi connectivity index (χ4n) is 1.77. The molecule has 5 heteroatoms. The Bertz CT molecular complexity index is 420. The van der Waals surface area contributed by atoms with Crippen LogP contribution >= 0.6 is 0 Å². The minimum absolute atomic E-state index is 0.123. The van der Waals surface area contributed by atoms with Crippen LogP contribution in [-0.4, -0.2) is 30.1 Å². The Balaban J connectivity index is 2.39. The Kier molecular flexibility index (Phi) is 7.35. The van der Waals surface area contributed by atoms with Gasteiger partial charge in [0, 0.05) is 19.4 Å². The van der Waals surface area contributed by atoms with Gasteiger partial charge in [0.05, 0.1) is 12.6 Å². The molecule has 0 aliphatic carbocycles. The van der Waals surface area contributed by atoms with Crippen molar-refractivity contribution in [2.24, 2.45) is 0 Å². The van der Waals surface area contributed by atoms with E-state index < -0.39 is 6.04 Å². The molecule has 0 saturated heterocycles. The summed E-state index contributed by atoms with van der Waals surface area (Å²) in [6, 6.07) is 8.83. The second-order valence-corrected chi connectivity index (χ2v) is 4.56. The number of carbonyl (C=O) groups is 2. The van der Waals surface area contributed by atoms with Crippen molar-refractivity contribution in [1.82, 2.24) is 10.6 Å². The molecule has 1 aromatic rings. The number of hydrogen-bond donors (Lipinski definition) is 3. The largest absolute Gasteiger partial charge is 0.394 e. The lowest BCUT2D eigenvalue weighted by atomic mass is 10.1. The number of benzene rings is 1. The van der Waals surface area contributed by atoms with Crippen molar-refractivity contribution in [2.45, 2.75) is 32.2 Å². The first kappa shape index (κ1) is 16.2. The number of amides is 2. The molecule has 3 N–H and O–H groups in total. The SMILES string of the molecule is CCCNC(=O)CCC(=O)NC(CO)c1ccccc1. The summed E-state index contributed by atoms with van der Waals surface area (Å²) in [5, 5.41) is 14.8. The molecular formula is C15H22N2O3. The normalized spacial score (nSPS) is 11.7. The molecule has 0 aliphatic rings. The zero-order chi connectivity index (χ0) is 14.8. The lowest BCUT2D eigenvalue weighted by Crippen LogP contribution is -2.32. The Morgan fingerprint density at radius 2 is 1.80 bits per heavy atom. The molecule has 0 aromatic heterocycles. The van der Waals surface area contributed by atoms with E-state index in [4.69, 9.17) is 0 Å². The smallest absolute Gasteiger partial charge is 0.221 e. The summed E-state index contributed by atoms with van der Waals surface area (Å²) in [6.45, 7) is 2.43. The van der Waals surface area contributed by atoms with Crippen molar-refractivity contribution in [3.05, 3.63) is 35.9 Å². The zero-order valence-electron chi connectivity index (χ0n) is 11.8. The van der Waals surface area contributed by atoms with E-state index in [0.717, 1.165) is 12.0 Å². The minimum atomic E-state index is -0.428. The van der Waals surface area contributed by atoms with Crippen molar-refractivity contribution in [3.8, 4) is 0 Å². The Hall–Kier alpha value is -1.88. The van der Waals surface area contributed by atoms with Crippen molar-refractivity contribution in [2.75, 3.05) is 13.2 Å². The zero-order valence-corrected chi connectivity index (χ0v) is 11.8. The van der Waals surface area contributed by atoms with Gasteiger partial charge in [-0.25, -0.2) is 0 Å². The summed E-state index contributed by atoms with van der Waals surface area (Å²) in [7, 11) is 0. The molecule has 0 saturated carbocycles. The van der Waals surface area contributed by atoms with Gasteiger partial charge in [-0.2, -0.15) is 0 Å². The maximum Gasteiger partial charge on any atom is 0.221 e. The molecular weight excluding hydrogens is 256 g/mol. The van der Waals surface area contributed by atoms with E-state index in [9.17, 15) is 14.7 Å². The van der Waals surface area contributed by atoms with E-state index in [1.165, 1.54) is 0 Å². The van der Waals surface area contributed by atoms with E-state index in [1.54, 1.807) is 0 Å². The molecule has 2 amide bonds. The molecule has 1 unspecified atom stereocenters. The second-order valence-electron chi connectivity index (χ2n) is 4.56. The molecule has 0 fully saturated rings. The highest BCUT2D eigenvalue weighted by molar-refractivity contribution is 5.83. The Morgan fingerprint density at radius 3 is 2.40 bits per heavy atom. The van der Waals surface area contributed by atoms with Gasteiger partial charge in [-0.05, 0) is 12.0 Å². The highest BCUT2D eigenvalue weighted by atomic mass is 16.3. The number of rotatable bonds is 8. The van der Waals surface area contributed by atoms with E-state index >= 15 is 0 Å². The fourth-order valence-corrected chi connectivity index (χ4v) is 1.77. The van der Waals surface area contributed by atoms with Crippen LogP contribution in [0.3, 0.4) is 0 Å². The standard InChI is InChI=1S/C15H22N2O3/c1-2-10-16-14(19)8-9-15(20)17-13(11-18)12-6-4-3-5-7-12/h3-7,13,18H,2,8-11H2,1H3,(H,16,19)(H,17,20). The van der Waals surface area contributed by atoms with Crippen LogP contribution in [0.5, 0.6) is 0 Å². The van der Waals surface area contributed by atoms with Crippen LogP contribution in [0.1, 0.15) is 37.8 Å². The monoisotopic (exact) mass is 278 g/mol. The maximum atomic E-state index is 11.8. The van der Waals surface area contributed by atoms with Crippen LogP contribution in [0.4, 0.5) is 0 Å². The van der Waals surface area contributed by atoms with Crippen LogP contribution in [0.25, 0.3) is 0 Å².